The molecule has 0 saturated carbocycles. The van der Waals surface area contributed by atoms with Crippen LogP contribution in [-0.4, -0.2) is 15.0 Å². The molecule has 73 heavy (non-hydrogen) atoms. The van der Waals surface area contributed by atoms with Gasteiger partial charge in [-0.2, -0.15) is 0 Å². The van der Waals surface area contributed by atoms with Gasteiger partial charge in [0.05, 0.1) is 0 Å². The number of hydrogen-bond donors (Lipinski definition) is 0. The molecule has 4 heterocycles. The van der Waals surface area contributed by atoms with E-state index in [4.69, 9.17) is 19.1 Å². The molecule has 0 N–H and O–H groups in total. The molecule has 0 amide bonds. The number of nitrogens with zero attached hydrogens (tertiary/aromatic N) is 3. The average Bonchev–Trinajstić information content (AvgIpc) is 3.94. The van der Waals surface area contributed by atoms with E-state index >= 15 is 0 Å². The van der Waals surface area contributed by atoms with E-state index in [1.165, 1.54) is 17.8 Å². The summed E-state index contributed by atoms with van der Waals surface area (Å²) in [6.07, 6.45) is 1.09. The quantitative estimate of drug-likeness (QED) is 0.102. The van der Waals surface area contributed by atoms with Crippen molar-refractivity contribution in [2.75, 3.05) is 0 Å². The van der Waals surface area contributed by atoms with Crippen molar-refractivity contribution in [2.24, 2.45) is 0 Å². The van der Waals surface area contributed by atoms with Crippen LogP contribution in [0, 0.1) is 45.8 Å². The van der Waals surface area contributed by atoms with E-state index in [9.17, 15) is 5.48 Å². The van der Waals surface area contributed by atoms with Crippen LogP contribution in [0.2, 0.25) is 0 Å². The maximum Gasteiger partial charge on any atom is 3.00 e. The Balaban J connectivity index is 0.00000774. The van der Waals surface area contributed by atoms with Crippen molar-refractivity contribution in [3.05, 3.63) is 231 Å². The minimum atomic E-state index is -2.67. The smallest absolute Gasteiger partial charge is 0.304 e. The number of fused-ring (bicyclic) bond motifs is 3. The number of aromatic nitrogens is 3. The summed E-state index contributed by atoms with van der Waals surface area (Å²) in [6, 6.07) is 52.8. The van der Waals surface area contributed by atoms with Crippen LogP contribution in [0.5, 0.6) is 0 Å². The fraction of sp³-hybridized carbons (Fsp3) is 0.250. The van der Waals surface area contributed by atoms with E-state index in [-0.39, 0.29) is 31.2 Å². The van der Waals surface area contributed by atoms with Crippen LogP contribution in [0.4, 0.5) is 0 Å². The van der Waals surface area contributed by atoms with Crippen molar-refractivity contribution in [3.8, 4) is 44.9 Å². The molecule has 4 aromatic heterocycles. The summed E-state index contributed by atoms with van der Waals surface area (Å²) in [5.74, 6) is 0.361. The monoisotopic (exact) mass is 1150 g/mol. The third-order valence-electron chi connectivity index (χ3n) is 14.6. The Bertz CT molecular complexity index is 3750. The number of aryl methyl sites for hydroxylation is 2. The summed E-state index contributed by atoms with van der Waals surface area (Å²) in [5.41, 5.74) is 12.9. The van der Waals surface area contributed by atoms with Gasteiger partial charge in [-0.25, -0.2) is 0 Å². The molecule has 10 rings (SSSR count). The van der Waals surface area contributed by atoms with E-state index < -0.39 is 30.4 Å². The van der Waals surface area contributed by atoms with Gasteiger partial charge in [-0.05, 0) is 159 Å². The van der Waals surface area contributed by atoms with Crippen molar-refractivity contribution in [2.45, 2.75) is 112 Å². The molecule has 0 fully saturated rings. The van der Waals surface area contributed by atoms with Gasteiger partial charge < -0.3 is 15.0 Å². The van der Waals surface area contributed by atoms with E-state index in [2.05, 4.69) is 109 Å². The first-order chi connectivity index (χ1) is 37.4. The van der Waals surface area contributed by atoms with E-state index in [0.717, 1.165) is 70.5 Å². The Morgan fingerprint density at radius 1 is 0.575 bits per heavy atom. The van der Waals surface area contributed by atoms with Crippen molar-refractivity contribution in [1.29, 1.82) is 0 Å². The fourth-order valence-corrected chi connectivity index (χ4v) is 11.3. The van der Waals surface area contributed by atoms with Crippen LogP contribution in [-0.2, 0) is 56.5 Å². The van der Waals surface area contributed by atoms with Gasteiger partial charge in [-0.3, -0.25) is 0 Å². The standard InChI is InChI=1S/C68H64N3S.Ir/c1-43(2)51-25-31-57-58-32-26-52(36-66(58)72-65(57)35-51)59-37-64(50-23-21-44(3)22-24-50)69-40-53(59)27-30-56-45(4)60(38-67(7,8)54-28-33-62(70-41-54)48-17-13-11-14-18-48)47(6)61(46(56)5)39-68(9,10)55-29-34-63(71-42-55)49-19-15-12-16-20-49;/h11-17,19,21-23,25-26,28-29,31-37,40-43H,27,30,38-39H2,1-10H3;/q-3;+3/i3D3,27D2,30D2;. The molecule has 0 bridgehead atoms. The van der Waals surface area contributed by atoms with Crippen LogP contribution in [0.15, 0.2) is 152 Å². The molecule has 366 valence electrons. The second-order valence-corrected chi connectivity index (χ2v) is 21.9. The normalized spacial score (nSPS) is 13.9. The molecule has 0 unspecified atom stereocenters. The molecule has 0 aliphatic rings. The first-order valence-electron chi connectivity index (χ1n) is 28.3. The molecular weight excluding hydrogens is 1080 g/mol. The van der Waals surface area contributed by atoms with Crippen LogP contribution in [0.3, 0.4) is 0 Å². The molecule has 0 aliphatic carbocycles. The molecule has 5 heteroatoms. The Morgan fingerprint density at radius 3 is 1.66 bits per heavy atom. The summed E-state index contributed by atoms with van der Waals surface area (Å²) in [4.78, 5) is 14.6. The maximum atomic E-state index is 10.5. The number of thiophene rings is 1. The van der Waals surface area contributed by atoms with Gasteiger partial charge >= 0.3 is 20.1 Å². The van der Waals surface area contributed by atoms with Crippen molar-refractivity contribution in [1.82, 2.24) is 15.0 Å². The van der Waals surface area contributed by atoms with Crippen molar-refractivity contribution >= 4 is 31.5 Å². The van der Waals surface area contributed by atoms with Gasteiger partial charge in [-0.1, -0.05) is 103 Å². The third kappa shape index (κ3) is 10.7. The van der Waals surface area contributed by atoms with Gasteiger partial charge in [0.15, 0.2) is 0 Å². The van der Waals surface area contributed by atoms with Gasteiger partial charge in [0.25, 0.3) is 0 Å². The average molecular weight is 1150 g/mol. The largest absolute Gasteiger partial charge is 3.00 e. The van der Waals surface area contributed by atoms with E-state index in [0.29, 0.717) is 57.8 Å². The van der Waals surface area contributed by atoms with E-state index in [1.54, 1.807) is 29.5 Å². The van der Waals surface area contributed by atoms with Gasteiger partial charge in [0, 0.05) is 48.4 Å². The summed E-state index contributed by atoms with van der Waals surface area (Å²) in [5, 5.41) is 2.23. The van der Waals surface area contributed by atoms with Crippen LogP contribution in [0.25, 0.3) is 65.1 Å². The number of rotatable bonds is 14. The van der Waals surface area contributed by atoms with Crippen LogP contribution >= 0.6 is 11.3 Å². The zero-order valence-electron chi connectivity index (χ0n) is 50.0. The molecule has 3 nitrogen and oxygen atoms in total. The SMILES string of the molecule is [2H]C([2H])([2H])c1c[c-]c(-c2cc(-c3ccc4c(c3)sc3cc(C(C)C)ccc34)c(C([2H])([2H])C([2H])([2H])c3c(C)c(CC(C)(C)c4ccc(-c5[c-]cccc5)nc4)c(C)c(CC(C)(C)c4ccc(-c5[c-]cccc5)nc4)c3C)cn2)cc1.[Ir+3]. The predicted molar refractivity (Wildman–Crippen MR) is 304 cm³/mol. The predicted octanol–water partition coefficient (Wildman–Crippen LogP) is 17.5. The van der Waals surface area contributed by atoms with Crippen LogP contribution in [0.1, 0.15) is 118 Å². The molecule has 6 aromatic carbocycles. The Labute approximate surface area is 461 Å². The Kier molecular flexibility index (Phi) is 12.5. The Hall–Kier alpha value is -6.36. The molecule has 0 spiro atoms. The summed E-state index contributed by atoms with van der Waals surface area (Å²) < 4.78 is 67.7. The van der Waals surface area contributed by atoms with Gasteiger partial charge in [-0.15, -0.1) is 119 Å². The van der Waals surface area contributed by atoms with Gasteiger partial charge in [0.2, 0.25) is 0 Å². The second kappa shape index (κ2) is 21.2. The molecular formula is C68H64IrN3S. The first kappa shape index (κ1) is 43.1. The molecule has 0 atom stereocenters. The van der Waals surface area contributed by atoms with Crippen molar-refractivity contribution < 1.29 is 29.7 Å². The van der Waals surface area contributed by atoms with Crippen molar-refractivity contribution in [3.63, 3.8) is 0 Å². The minimum absolute atomic E-state index is 0. The number of benzene rings is 6. The molecule has 0 aliphatic heterocycles. The second-order valence-electron chi connectivity index (χ2n) is 20.8. The summed E-state index contributed by atoms with van der Waals surface area (Å²) in [6.45, 7) is 16.9. The molecule has 0 saturated heterocycles. The topological polar surface area (TPSA) is 38.7 Å². The van der Waals surface area contributed by atoms with E-state index in [1.807, 2.05) is 93.0 Å². The molecule has 10 aromatic rings. The maximum absolute atomic E-state index is 10.5. The zero-order chi connectivity index (χ0) is 56.4. The number of pyridine rings is 3. The van der Waals surface area contributed by atoms with Gasteiger partial charge in [0.1, 0.15) is 0 Å². The third-order valence-corrected chi connectivity index (χ3v) is 15.8. The minimum Gasteiger partial charge on any atom is -0.304 e. The zero-order valence-corrected chi connectivity index (χ0v) is 46.2. The Morgan fingerprint density at radius 2 is 1.14 bits per heavy atom. The summed E-state index contributed by atoms with van der Waals surface area (Å²) in [7, 11) is 0. The summed E-state index contributed by atoms with van der Waals surface area (Å²) >= 11 is 1.68. The first-order valence-corrected chi connectivity index (χ1v) is 25.7. The van der Waals surface area contributed by atoms with Crippen LogP contribution < -0.4 is 0 Å². The number of hydrogen-bond acceptors (Lipinski definition) is 4. The fourth-order valence-electron chi connectivity index (χ4n) is 10.1. The molecule has 0 radical (unpaired) electrons.